The van der Waals surface area contributed by atoms with Crippen LogP contribution in [0.15, 0.2) is 24.3 Å². The zero-order valence-corrected chi connectivity index (χ0v) is 15.4. The van der Waals surface area contributed by atoms with Crippen LogP contribution in [0.3, 0.4) is 0 Å². The lowest BCUT2D eigenvalue weighted by Gasteiger charge is -2.24. The number of ketones is 1. The van der Waals surface area contributed by atoms with E-state index >= 15 is 0 Å². The Labute approximate surface area is 159 Å². The van der Waals surface area contributed by atoms with Crippen molar-refractivity contribution in [3.8, 4) is 11.8 Å². The number of ether oxygens (including phenoxy) is 2. The highest BCUT2D eigenvalue weighted by Crippen LogP contribution is 2.18. The fraction of sp³-hybridized carbons (Fsp3) is 0.444. The molecular weight excluding hydrogens is 381 g/mol. The Morgan fingerprint density at radius 3 is 2.32 bits per heavy atom. The van der Waals surface area contributed by atoms with E-state index in [1.54, 1.807) is 12.1 Å². The third-order valence-electron chi connectivity index (χ3n) is 3.08. The SMILES string of the molecule is CC(C)(C)OC(=O)C(CC(=O)COc1ccccc1C#N)NC(=O)C(F)(F)F. The molecule has 0 saturated heterocycles. The van der Waals surface area contributed by atoms with Gasteiger partial charge in [0.1, 0.15) is 30.1 Å². The molecule has 0 fully saturated rings. The summed E-state index contributed by atoms with van der Waals surface area (Å²) in [5.74, 6) is -4.22. The van der Waals surface area contributed by atoms with Gasteiger partial charge in [-0.3, -0.25) is 9.59 Å². The fourth-order valence-electron chi connectivity index (χ4n) is 1.94. The number of carbonyl (C=O) groups excluding carboxylic acids is 3. The van der Waals surface area contributed by atoms with E-state index in [9.17, 15) is 27.6 Å². The number of nitrogens with one attached hydrogen (secondary N) is 1. The number of para-hydroxylation sites is 1. The molecule has 0 spiro atoms. The van der Waals surface area contributed by atoms with E-state index in [0.717, 1.165) is 0 Å². The van der Waals surface area contributed by atoms with Crippen molar-refractivity contribution in [1.82, 2.24) is 5.32 Å². The van der Waals surface area contributed by atoms with Crippen LogP contribution in [0.4, 0.5) is 13.2 Å². The van der Waals surface area contributed by atoms with Crippen LogP contribution < -0.4 is 10.1 Å². The van der Waals surface area contributed by atoms with Crippen LogP contribution in [0.25, 0.3) is 0 Å². The Morgan fingerprint density at radius 1 is 1.18 bits per heavy atom. The highest BCUT2D eigenvalue weighted by molar-refractivity contribution is 5.92. The van der Waals surface area contributed by atoms with Gasteiger partial charge >= 0.3 is 18.1 Å². The molecule has 1 aromatic carbocycles. The second-order valence-corrected chi connectivity index (χ2v) is 6.70. The number of benzene rings is 1. The summed E-state index contributed by atoms with van der Waals surface area (Å²) in [7, 11) is 0. The molecule has 0 radical (unpaired) electrons. The van der Waals surface area contributed by atoms with Gasteiger partial charge in [-0.15, -0.1) is 0 Å². The maximum Gasteiger partial charge on any atom is 0.471 e. The first-order valence-electron chi connectivity index (χ1n) is 8.07. The lowest BCUT2D eigenvalue weighted by molar-refractivity contribution is -0.177. The van der Waals surface area contributed by atoms with Crippen LogP contribution in [-0.2, 0) is 19.1 Å². The molecule has 0 aliphatic heterocycles. The summed E-state index contributed by atoms with van der Waals surface area (Å²) in [6.07, 6.45) is -6.00. The normalized spacial score (nSPS) is 12.5. The molecule has 0 bridgehead atoms. The maximum atomic E-state index is 12.5. The van der Waals surface area contributed by atoms with Crippen LogP contribution in [0, 0.1) is 11.3 Å². The quantitative estimate of drug-likeness (QED) is 0.704. The molecule has 7 nitrogen and oxygen atoms in total. The van der Waals surface area contributed by atoms with Gasteiger partial charge in [0.2, 0.25) is 0 Å². The van der Waals surface area contributed by atoms with Crippen LogP contribution >= 0.6 is 0 Å². The molecule has 1 atom stereocenters. The van der Waals surface area contributed by atoms with E-state index in [0.29, 0.717) is 0 Å². The number of carbonyl (C=O) groups is 3. The highest BCUT2D eigenvalue weighted by Gasteiger charge is 2.42. The molecule has 1 aromatic rings. The van der Waals surface area contributed by atoms with Crippen LogP contribution in [0.5, 0.6) is 5.75 Å². The van der Waals surface area contributed by atoms with E-state index in [1.165, 1.54) is 38.2 Å². The number of halogens is 3. The summed E-state index contributed by atoms with van der Waals surface area (Å²) < 4.78 is 47.6. The summed E-state index contributed by atoms with van der Waals surface area (Å²) >= 11 is 0. The van der Waals surface area contributed by atoms with Crippen molar-refractivity contribution < 1.29 is 37.0 Å². The first-order chi connectivity index (χ1) is 12.8. The van der Waals surface area contributed by atoms with Crippen molar-refractivity contribution in [3.63, 3.8) is 0 Å². The number of alkyl halides is 3. The molecule has 28 heavy (non-hydrogen) atoms. The third kappa shape index (κ3) is 7.65. The van der Waals surface area contributed by atoms with Gasteiger partial charge in [-0.05, 0) is 32.9 Å². The molecule has 10 heteroatoms. The molecule has 1 unspecified atom stereocenters. The number of nitrogens with zero attached hydrogens (tertiary/aromatic N) is 1. The first kappa shape index (κ1) is 23.0. The van der Waals surface area contributed by atoms with E-state index in [1.807, 2.05) is 6.07 Å². The fourth-order valence-corrected chi connectivity index (χ4v) is 1.94. The van der Waals surface area contributed by atoms with Gasteiger partial charge in [-0.2, -0.15) is 18.4 Å². The molecule has 0 heterocycles. The molecule has 1 N–H and O–H groups in total. The average molecular weight is 400 g/mol. The van der Waals surface area contributed by atoms with Crippen molar-refractivity contribution in [2.45, 2.75) is 45.0 Å². The second-order valence-electron chi connectivity index (χ2n) is 6.70. The largest absolute Gasteiger partial charge is 0.484 e. The van der Waals surface area contributed by atoms with E-state index in [-0.39, 0.29) is 11.3 Å². The Hall–Kier alpha value is -3.09. The minimum atomic E-state index is -5.23. The highest BCUT2D eigenvalue weighted by atomic mass is 19.4. The van der Waals surface area contributed by atoms with Crippen molar-refractivity contribution in [2.75, 3.05) is 6.61 Å². The van der Waals surface area contributed by atoms with Crippen LogP contribution in [-0.4, -0.2) is 42.1 Å². The monoisotopic (exact) mass is 400 g/mol. The van der Waals surface area contributed by atoms with Crippen molar-refractivity contribution in [2.24, 2.45) is 0 Å². The molecule has 0 aliphatic carbocycles. The van der Waals surface area contributed by atoms with Gasteiger partial charge < -0.3 is 14.8 Å². The first-order valence-corrected chi connectivity index (χ1v) is 8.07. The molecule has 0 aliphatic rings. The van der Waals surface area contributed by atoms with Gasteiger partial charge in [0.15, 0.2) is 5.78 Å². The molecular formula is C18H19F3N2O5. The number of nitriles is 1. The van der Waals surface area contributed by atoms with E-state index in [2.05, 4.69) is 0 Å². The Balaban J connectivity index is 2.83. The maximum absolute atomic E-state index is 12.5. The minimum Gasteiger partial charge on any atom is -0.484 e. The lowest BCUT2D eigenvalue weighted by atomic mass is 10.1. The standard InChI is InChI=1S/C18H19F3N2O5/c1-17(2,3)28-15(25)13(23-16(26)18(19,20)21)8-12(24)10-27-14-7-5-4-6-11(14)9-22/h4-7,13H,8,10H2,1-3H3,(H,23,26). The molecule has 152 valence electrons. The van der Waals surface area contributed by atoms with Gasteiger partial charge in [0.25, 0.3) is 0 Å². The van der Waals surface area contributed by atoms with Crippen molar-refractivity contribution >= 4 is 17.7 Å². The predicted octanol–water partition coefficient (Wildman–Crippen LogP) is 2.29. The third-order valence-corrected chi connectivity index (χ3v) is 3.08. The molecule has 0 saturated carbocycles. The summed E-state index contributed by atoms with van der Waals surface area (Å²) in [5, 5.41) is 10.4. The number of amides is 1. The molecule has 1 rings (SSSR count). The van der Waals surface area contributed by atoms with Crippen molar-refractivity contribution in [3.05, 3.63) is 29.8 Å². The van der Waals surface area contributed by atoms with E-state index < -0.39 is 48.5 Å². The summed E-state index contributed by atoms with van der Waals surface area (Å²) in [6.45, 7) is 3.84. The van der Waals surface area contributed by atoms with E-state index in [4.69, 9.17) is 14.7 Å². The van der Waals surface area contributed by atoms with Crippen molar-refractivity contribution in [1.29, 1.82) is 5.26 Å². The topological polar surface area (TPSA) is 105 Å². The minimum absolute atomic E-state index is 0.103. The average Bonchev–Trinajstić information content (AvgIpc) is 2.57. The Bertz CT molecular complexity index is 779. The van der Waals surface area contributed by atoms with Gasteiger partial charge in [-0.25, -0.2) is 4.79 Å². The van der Waals surface area contributed by atoms with Gasteiger partial charge in [0.05, 0.1) is 5.56 Å². The summed E-state index contributed by atoms with van der Waals surface area (Å²) in [4.78, 5) is 35.3. The van der Waals surface area contributed by atoms with Crippen LogP contribution in [0.2, 0.25) is 0 Å². The number of esters is 1. The zero-order valence-electron chi connectivity index (χ0n) is 15.4. The molecule has 1 amide bonds. The number of hydrogen-bond acceptors (Lipinski definition) is 6. The lowest BCUT2D eigenvalue weighted by Crippen LogP contribution is -2.49. The summed E-state index contributed by atoms with van der Waals surface area (Å²) in [6, 6.07) is 6.05. The Morgan fingerprint density at radius 2 is 1.79 bits per heavy atom. The summed E-state index contributed by atoms with van der Waals surface area (Å²) in [5.41, 5.74) is -0.881. The van der Waals surface area contributed by atoms with Gasteiger partial charge in [0, 0.05) is 6.42 Å². The number of hydrogen-bond donors (Lipinski definition) is 1. The zero-order chi connectivity index (χ0) is 21.5. The number of Topliss-reactive ketones (excluding diaryl/α,β-unsaturated/α-hetero) is 1. The second kappa shape index (κ2) is 9.21. The van der Waals surface area contributed by atoms with Gasteiger partial charge in [-0.1, -0.05) is 12.1 Å². The number of rotatable bonds is 7. The predicted molar refractivity (Wildman–Crippen MR) is 90.1 cm³/mol. The van der Waals surface area contributed by atoms with Crippen LogP contribution in [0.1, 0.15) is 32.8 Å². The Kier molecular flexibility index (Phi) is 7.55. The molecule has 0 aromatic heterocycles. The smallest absolute Gasteiger partial charge is 0.471 e.